The van der Waals surface area contributed by atoms with Crippen LogP contribution in [0.4, 0.5) is 13.2 Å². The minimum atomic E-state index is -4.44. The number of hydrogen-bond acceptors (Lipinski definition) is 2. The number of hydrogen-bond donors (Lipinski definition) is 1. The van der Waals surface area contributed by atoms with E-state index in [1.807, 2.05) is 0 Å². The molecule has 0 bridgehead atoms. The van der Waals surface area contributed by atoms with Gasteiger partial charge in [0.25, 0.3) is 0 Å². The van der Waals surface area contributed by atoms with E-state index in [0.29, 0.717) is 0 Å². The molecule has 0 heterocycles. The van der Waals surface area contributed by atoms with Gasteiger partial charge < -0.3 is 5.73 Å². The fourth-order valence-corrected chi connectivity index (χ4v) is 1.47. The summed E-state index contributed by atoms with van der Waals surface area (Å²) in [6.07, 6.45) is -4.52. The van der Waals surface area contributed by atoms with Crippen LogP contribution in [0, 0.1) is 11.3 Å². The van der Waals surface area contributed by atoms with E-state index < -0.39 is 17.8 Å². The lowest BCUT2D eigenvalue weighted by Crippen LogP contribution is -2.12. The van der Waals surface area contributed by atoms with E-state index in [4.69, 9.17) is 22.6 Å². The van der Waals surface area contributed by atoms with Crippen molar-refractivity contribution in [2.45, 2.75) is 18.6 Å². The van der Waals surface area contributed by atoms with Crippen LogP contribution in [-0.4, -0.2) is 0 Å². The highest BCUT2D eigenvalue weighted by Crippen LogP contribution is 2.33. The van der Waals surface area contributed by atoms with Crippen molar-refractivity contribution in [1.82, 2.24) is 0 Å². The van der Waals surface area contributed by atoms with Crippen molar-refractivity contribution in [1.29, 1.82) is 5.26 Å². The Morgan fingerprint density at radius 2 is 2.00 bits per heavy atom. The molecule has 7 heteroatoms. The van der Waals surface area contributed by atoms with Crippen molar-refractivity contribution < 1.29 is 13.2 Å². The van der Waals surface area contributed by atoms with Crippen molar-refractivity contribution in [3.8, 4) is 6.07 Å². The average Bonchev–Trinajstić information content (AvgIpc) is 2.16. The van der Waals surface area contributed by atoms with Gasteiger partial charge in [0.2, 0.25) is 0 Å². The lowest BCUT2D eigenvalue weighted by atomic mass is 10.0. The monoisotopic (exact) mass is 284 g/mol. The number of halogens is 5. The molecule has 1 atom stereocenters. The van der Waals surface area contributed by atoms with Crippen LogP contribution in [0.1, 0.15) is 23.6 Å². The SMILES string of the molecule is Cl.N#CC[C@@H](N)c1cc(C(F)(F)F)ccc1Cl. The van der Waals surface area contributed by atoms with Gasteiger partial charge in [-0.25, -0.2) is 0 Å². The zero-order valence-corrected chi connectivity index (χ0v) is 10.0. The molecule has 0 aromatic heterocycles. The van der Waals surface area contributed by atoms with Gasteiger partial charge in [0.1, 0.15) is 0 Å². The Hall–Kier alpha value is -0.960. The summed E-state index contributed by atoms with van der Waals surface area (Å²) in [6.45, 7) is 0. The van der Waals surface area contributed by atoms with E-state index >= 15 is 0 Å². The second-order valence-corrected chi connectivity index (χ2v) is 3.61. The van der Waals surface area contributed by atoms with Crippen molar-refractivity contribution in [3.63, 3.8) is 0 Å². The zero-order valence-electron chi connectivity index (χ0n) is 8.46. The van der Waals surface area contributed by atoms with Crippen molar-refractivity contribution in [2.24, 2.45) is 5.73 Å². The van der Waals surface area contributed by atoms with Gasteiger partial charge in [0.05, 0.1) is 18.1 Å². The van der Waals surface area contributed by atoms with Gasteiger partial charge in [-0.3, -0.25) is 0 Å². The molecule has 0 spiro atoms. The van der Waals surface area contributed by atoms with Crippen LogP contribution in [0.2, 0.25) is 5.02 Å². The molecule has 0 unspecified atom stereocenters. The van der Waals surface area contributed by atoms with E-state index in [1.54, 1.807) is 6.07 Å². The maximum absolute atomic E-state index is 12.4. The summed E-state index contributed by atoms with van der Waals surface area (Å²) in [7, 11) is 0. The number of rotatable bonds is 2. The molecule has 0 saturated carbocycles. The first-order valence-electron chi connectivity index (χ1n) is 4.35. The molecule has 0 radical (unpaired) electrons. The van der Waals surface area contributed by atoms with Crippen LogP contribution in [0.25, 0.3) is 0 Å². The maximum atomic E-state index is 12.4. The van der Waals surface area contributed by atoms with Gasteiger partial charge in [0.15, 0.2) is 0 Å². The number of nitrogens with two attached hydrogens (primary N) is 1. The van der Waals surface area contributed by atoms with E-state index in [-0.39, 0.29) is 29.4 Å². The number of nitriles is 1. The topological polar surface area (TPSA) is 49.8 Å². The van der Waals surface area contributed by atoms with E-state index in [9.17, 15) is 13.2 Å². The molecule has 0 saturated heterocycles. The molecule has 94 valence electrons. The molecule has 0 aliphatic heterocycles. The first kappa shape index (κ1) is 16.0. The van der Waals surface area contributed by atoms with Gasteiger partial charge in [0, 0.05) is 11.1 Å². The van der Waals surface area contributed by atoms with Crippen molar-refractivity contribution in [3.05, 3.63) is 34.3 Å². The minimum Gasteiger partial charge on any atom is -0.323 e. The minimum absolute atomic E-state index is 0. The molecule has 1 rings (SSSR count). The summed E-state index contributed by atoms with van der Waals surface area (Å²) in [5, 5.41) is 8.56. The Labute approximate surface area is 108 Å². The lowest BCUT2D eigenvalue weighted by Gasteiger charge is -2.13. The Kier molecular flexibility index (Phi) is 5.76. The molecule has 0 amide bonds. The van der Waals surface area contributed by atoms with Gasteiger partial charge in [-0.15, -0.1) is 12.4 Å². The Morgan fingerprint density at radius 3 is 2.47 bits per heavy atom. The quantitative estimate of drug-likeness (QED) is 0.900. The van der Waals surface area contributed by atoms with Gasteiger partial charge in [-0.05, 0) is 23.8 Å². The molecule has 2 nitrogen and oxygen atoms in total. The van der Waals surface area contributed by atoms with Crippen LogP contribution in [0.5, 0.6) is 0 Å². The highest BCUT2D eigenvalue weighted by Gasteiger charge is 2.31. The smallest absolute Gasteiger partial charge is 0.323 e. The second kappa shape index (κ2) is 6.10. The molecule has 1 aromatic rings. The Morgan fingerprint density at radius 1 is 1.41 bits per heavy atom. The first-order valence-corrected chi connectivity index (χ1v) is 4.73. The summed E-state index contributed by atoms with van der Waals surface area (Å²) in [6, 6.07) is 3.88. The fourth-order valence-electron chi connectivity index (χ4n) is 1.21. The summed E-state index contributed by atoms with van der Waals surface area (Å²) in [5.41, 5.74) is 4.86. The zero-order chi connectivity index (χ0) is 12.3. The summed E-state index contributed by atoms with van der Waals surface area (Å²) >= 11 is 5.72. The number of nitrogens with zero attached hydrogens (tertiary/aromatic N) is 1. The molecule has 0 fully saturated rings. The van der Waals surface area contributed by atoms with Gasteiger partial charge in [-0.2, -0.15) is 18.4 Å². The lowest BCUT2D eigenvalue weighted by molar-refractivity contribution is -0.137. The second-order valence-electron chi connectivity index (χ2n) is 3.20. The van der Waals surface area contributed by atoms with Crippen molar-refractivity contribution in [2.75, 3.05) is 0 Å². The van der Waals surface area contributed by atoms with Crippen LogP contribution in [0.15, 0.2) is 18.2 Å². The molecular formula is C10H9Cl2F3N2. The predicted octanol–water partition coefficient (Wildman–Crippen LogP) is 3.69. The third-order valence-corrected chi connectivity index (χ3v) is 2.38. The molecular weight excluding hydrogens is 276 g/mol. The van der Waals surface area contributed by atoms with Gasteiger partial charge in [-0.1, -0.05) is 11.6 Å². The highest BCUT2D eigenvalue weighted by molar-refractivity contribution is 6.31. The third-order valence-electron chi connectivity index (χ3n) is 2.03. The van der Waals surface area contributed by atoms with Crippen molar-refractivity contribution >= 4 is 24.0 Å². The summed E-state index contributed by atoms with van der Waals surface area (Å²) in [5.74, 6) is 0. The highest BCUT2D eigenvalue weighted by atomic mass is 35.5. The number of benzene rings is 1. The van der Waals surface area contributed by atoms with Crippen LogP contribution >= 0.6 is 24.0 Å². The average molecular weight is 285 g/mol. The van der Waals surface area contributed by atoms with Crippen LogP contribution < -0.4 is 5.73 Å². The first-order chi connectivity index (χ1) is 7.36. The Balaban J connectivity index is 0.00000256. The Bertz CT molecular complexity index is 427. The normalized spacial score (nSPS) is 12.5. The fraction of sp³-hybridized carbons (Fsp3) is 0.300. The summed E-state index contributed by atoms with van der Waals surface area (Å²) in [4.78, 5) is 0. The largest absolute Gasteiger partial charge is 0.416 e. The number of alkyl halides is 3. The standard InChI is InChI=1S/C10H8ClF3N2.ClH/c11-8-2-1-6(10(12,13)14)5-7(8)9(16)3-4-15;/h1-2,5,9H,3,16H2;1H/t9-;/m1./s1. The van der Waals surface area contributed by atoms with Crippen LogP contribution in [0.3, 0.4) is 0 Å². The van der Waals surface area contributed by atoms with E-state index in [1.165, 1.54) is 0 Å². The van der Waals surface area contributed by atoms with Crippen LogP contribution in [-0.2, 0) is 6.18 Å². The van der Waals surface area contributed by atoms with E-state index in [0.717, 1.165) is 18.2 Å². The molecule has 2 N–H and O–H groups in total. The van der Waals surface area contributed by atoms with E-state index in [2.05, 4.69) is 0 Å². The van der Waals surface area contributed by atoms with Gasteiger partial charge >= 0.3 is 6.18 Å². The summed E-state index contributed by atoms with van der Waals surface area (Å²) < 4.78 is 37.2. The molecule has 0 aliphatic carbocycles. The third kappa shape index (κ3) is 4.08. The maximum Gasteiger partial charge on any atom is 0.416 e. The molecule has 1 aromatic carbocycles. The predicted molar refractivity (Wildman–Crippen MR) is 60.9 cm³/mol. The molecule has 0 aliphatic rings. The molecule has 17 heavy (non-hydrogen) atoms.